The van der Waals surface area contributed by atoms with Crippen LogP contribution in [-0.4, -0.2) is 33.5 Å². The van der Waals surface area contributed by atoms with Crippen molar-refractivity contribution in [2.75, 3.05) is 23.0 Å². The summed E-state index contributed by atoms with van der Waals surface area (Å²) in [6.45, 7) is 0. The Balaban J connectivity index is 1.46. The second kappa shape index (κ2) is 2.97. The SMILES string of the molecule is C(SC[C@@H]1CS1)[C@@H]1CS1. The monoisotopic (exact) mass is 178 g/mol. The molecule has 0 unspecified atom stereocenters. The van der Waals surface area contributed by atoms with Crippen LogP contribution in [0.1, 0.15) is 0 Å². The van der Waals surface area contributed by atoms with Crippen LogP contribution in [0.3, 0.4) is 0 Å². The van der Waals surface area contributed by atoms with Gasteiger partial charge in [0.15, 0.2) is 0 Å². The summed E-state index contributed by atoms with van der Waals surface area (Å²) in [6.07, 6.45) is 0. The van der Waals surface area contributed by atoms with Gasteiger partial charge in [0.2, 0.25) is 0 Å². The second-order valence-corrected chi connectivity index (χ2v) is 6.19. The van der Waals surface area contributed by atoms with Crippen molar-refractivity contribution < 1.29 is 0 Å². The van der Waals surface area contributed by atoms with Gasteiger partial charge in [-0.15, -0.1) is 0 Å². The van der Waals surface area contributed by atoms with Crippen molar-refractivity contribution in [3.63, 3.8) is 0 Å². The molecule has 9 heavy (non-hydrogen) atoms. The number of hydrogen-bond donors (Lipinski definition) is 0. The third kappa shape index (κ3) is 2.64. The molecule has 2 aliphatic heterocycles. The smallest absolute Gasteiger partial charge is 0.0229 e. The molecule has 0 aliphatic carbocycles. The summed E-state index contributed by atoms with van der Waals surface area (Å²) in [6, 6.07) is 0. The molecule has 0 radical (unpaired) electrons. The van der Waals surface area contributed by atoms with Crippen molar-refractivity contribution in [3.05, 3.63) is 0 Å². The predicted molar refractivity (Wildman–Crippen MR) is 49.8 cm³/mol. The number of hydrogen-bond acceptors (Lipinski definition) is 3. The molecule has 2 saturated heterocycles. The summed E-state index contributed by atoms with van der Waals surface area (Å²) in [5.74, 6) is 5.71. The molecular formula is C6H10S3. The fourth-order valence-corrected chi connectivity index (χ4v) is 3.71. The molecule has 3 heteroatoms. The van der Waals surface area contributed by atoms with Crippen LogP contribution in [0, 0.1) is 0 Å². The van der Waals surface area contributed by atoms with Crippen molar-refractivity contribution in [2.24, 2.45) is 0 Å². The van der Waals surface area contributed by atoms with Gasteiger partial charge in [-0.05, 0) is 0 Å². The summed E-state index contributed by atoms with van der Waals surface area (Å²) < 4.78 is 0. The largest absolute Gasteiger partial charge is 0.160 e. The molecule has 0 N–H and O–H groups in total. The summed E-state index contributed by atoms with van der Waals surface area (Å²) in [4.78, 5) is 0. The predicted octanol–water partition coefficient (Wildman–Crippen LogP) is 1.95. The normalized spacial score (nSPS) is 38.7. The minimum atomic E-state index is 1.04. The molecule has 0 nitrogen and oxygen atoms in total. The first kappa shape index (κ1) is 6.74. The van der Waals surface area contributed by atoms with Crippen LogP contribution in [0.2, 0.25) is 0 Å². The lowest BCUT2D eigenvalue weighted by Crippen LogP contribution is -1.93. The van der Waals surface area contributed by atoms with E-state index in [0.29, 0.717) is 0 Å². The van der Waals surface area contributed by atoms with Gasteiger partial charge in [-0.2, -0.15) is 35.3 Å². The Morgan fingerprint density at radius 1 is 1.11 bits per heavy atom. The molecule has 0 aromatic heterocycles. The highest BCUT2D eigenvalue weighted by atomic mass is 32.2. The zero-order chi connectivity index (χ0) is 6.10. The summed E-state index contributed by atoms with van der Waals surface area (Å²) in [5, 5.41) is 2.08. The van der Waals surface area contributed by atoms with Gasteiger partial charge in [0.05, 0.1) is 0 Å². The summed E-state index contributed by atoms with van der Waals surface area (Å²) >= 11 is 6.38. The molecule has 0 bridgehead atoms. The standard InChI is InChI=1S/C6H10S3/c1(5-3-8-5)7-2-6-4-9-6/h5-6H,1-4H2/t5-,6-/m1/s1. The first-order valence-corrected chi connectivity index (χ1v) is 6.51. The molecule has 2 fully saturated rings. The van der Waals surface area contributed by atoms with E-state index in [1.165, 1.54) is 23.0 Å². The third-order valence-corrected chi connectivity index (χ3v) is 5.05. The van der Waals surface area contributed by atoms with E-state index >= 15 is 0 Å². The first-order valence-electron chi connectivity index (χ1n) is 3.26. The lowest BCUT2D eigenvalue weighted by atomic mass is 10.6. The van der Waals surface area contributed by atoms with E-state index < -0.39 is 0 Å². The van der Waals surface area contributed by atoms with Crippen LogP contribution in [0.25, 0.3) is 0 Å². The minimum Gasteiger partial charge on any atom is -0.160 e. The Kier molecular flexibility index (Phi) is 2.23. The van der Waals surface area contributed by atoms with E-state index in [4.69, 9.17) is 0 Å². The summed E-state index contributed by atoms with van der Waals surface area (Å²) in [7, 11) is 0. The lowest BCUT2D eigenvalue weighted by molar-refractivity contribution is 1.23. The Morgan fingerprint density at radius 3 is 1.89 bits per heavy atom. The maximum atomic E-state index is 2.15. The van der Waals surface area contributed by atoms with Crippen molar-refractivity contribution in [3.8, 4) is 0 Å². The highest BCUT2D eigenvalue weighted by Crippen LogP contribution is 2.37. The van der Waals surface area contributed by atoms with Gasteiger partial charge in [0, 0.05) is 33.5 Å². The van der Waals surface area contributed by atoms with Gasteiger partial charge in [-0.3, -0.25) is 0 Å². The number of thioether (sulfide) groups is 3. The fourth-order valence-electron chi connectivity index (χ4n) is 0.659. The molecule has 2 atom stereocenters. The average molecular weight is 178 g/mol. The van der Waals surface area contributed by atoms with Crippen LogP contribution in [0.5, 0.6) is 0 Å². The highest BCUT2D eigenvalue weighted by Gasteiger charge is 2.25. The van der Waals surface area contributed by atoms with Crippen LogP contribution >= 0.6 is 35.3 Å². The van der Waals surface area contributed by atoms with Crippen LogP contribution in [0.4, 0.5) is 0 Å². The van der Waals surface area contributed by atoms with E-state index in [-0.39, 0.29) is 0 Å². The molecule has 0 spiro atoms. The highest BCUT2D eigenvalue weighted by molar-refractivity contribution is 8.10. The van der Waals surface area contributed by atoms with Gasteiger partial charge >= 0.3 is 0 Å². The second-order valence-electron chi connectivity index (χ2n) is 2.45. The van der Waals surface area contributed by atoms with Crippen molar-refractivity contribution in [1.29, 1.82) is 0 Å². The van der Waals surface area contributed by atoms with Crippen molar-refractivity contribution >= 4 is 35.3 Å². The van der Waals surface area contributed by atoms with E-state index in [0.717, 1.165) is 10.5 Å². The Hall–Kier alpha value is 1.05. The van der Waals surface area contributed by atoms with Crippen LogP contribution in [-0.2, 0) is 0 Å². The Bertz CT molecular complexity index is 84.5. The lowest BCUT2D eigenvalue weighted by Gasteiger charge is -1.93. The Labute approximate surface area is 68.9 Å². The van der Waals surface area contributed by atoms with E-state index in [9.17, 15) is 0 Å². The van der Waals surface area contributed by atoms with E-state index in [1.807, 2.05) is 0 Å². The molecule has 0 aromatic rings. The zero-order valence-electron chi connectivity index (χ0n) is 5.21. The van der Waals surface area contributed by atoms with Crippen LogP contribution in [0.15, 0.2) is 0 Å². The molecule has 52 valence electrons. The Morgan fingerprint density at radius 2 is 1.56 bits per heavy atom. The molecule has 2 aliphatic rings. The zero-order valence-corrected chi connectivity index (χ0v) is 7.66. The quantitative estimate of drug-likeness (QED) is 0.604. The molecule has 2 heterocycles. The first-order chi connectivity index (χ1) is 4.45. The molecule has 0 aromatic carbocycles. The van der Waals surface area contributed by atoms with Crippen molar-refractivity contribution in [2.45, 2.75) is 10.5 Å². The van der Waals surface area contributed by atoms with Crippen molar-refractivity contribution in [1.82, 2.24) is 0 Å². The molecule has 0 saturated carbocycles. The van der Waals surface area contributed by atoms with Gasteiger partial charge in [0.1, 0.15) is 0 Å². The minimum absolute atomic E-state index is 1.04. The summed E-state index contributed by atoms with van der Waals surface area (Å²) in [5.41, 5.74) is 0. The van der Waals surface area contributed by atoms with E-state index in [2.05, 4.69) is 35.3 Å². The van der Waals surface area contributed by atoms with Gasteiger partial charge in [0.25, 0.3) is 0 Å². The van der Waals surface area contributed by atoms with Gasteiger partial charge < -0.3 is 0 Å². The average Bonchev–Trinajstić information content (AvgIpc) is 2.57. The van der Waals surface area contributed by atoms with E-state index in [1.54, 1.807) is 0 Å². The van der Waals surface area contributed by atoms with Crippen LogP contribution < -0.4 is 0 Å². The number of rotatable bonds is 4. The fraction of sp³-hybridized carbons (Fsp3) is 1.00. The van der Waals surface area contributed by atoms with Gasteiger partial charge in [-0.25, -0.2) is 0 Å². The van der Waals surface area contributed by atoms with Gasteiger partial charge in [-0.1, -0.05) is 0 Å². The molecule has 0 amide bonds. The molecular weight excluding hydrogens is 168 g/mol. The molecule has 2 rings (SSSR count). The third-order valence-electron chi connectivity index (χ3n) is 1.41. The maximum Gasteiger partial charge on any atom is 0.0229 e. The maximum absolute atomic E-state index is 2.15. The topological polar surface area (TPSA) is 0 Å².